The van der Waals surface area contributed by atoms with Crippen molar-refractivity contribution in [3.63, 3.8) is 0 Å². The molecule has 1 unspecified atom stereocenters. The number of hydrogen-bond donors (Lipinski definition) is 2. The van der Waals surface area contributed by atoms with Crippen molar-refractivity contribution in [1.29, 1.82) is 0 Å². The number of hydroxylamine groups is 1. The molecule has 0 aromatic heterocycles. The minimum atomic E-state index is -0.192. The fourth-order valence-corrected chi connectivity index (χ4v) is 2.66. The molecule has 0 radical (unpaired) electrons. The highest BCUT2D eigenvalue weighted by Gasteiger charge is 2.21. The molecular formula is C9H10FNOS. The van der Waals surface area contributed by atoms with Gasteiger partial charge in [-0.2, -0.15) is 5.48 Å². The summed E-state index contributed by atoms with van der Waals surface area (Å²) in [4.78, 5) is 0.667. The Hall–Kier alpha value is -0.580. The Balaban J connectivity index is 2.45. The maximum absolute atomic E-state index is 13.3. The molecule has 0 saturated carbocycles. The van der Waals surface area contributed by atoms with Crippen LogP contribution in [0.2, 0.25) is 0 Å². The maximum atomic E-state index is 13.3. The third-order valence-corrected chi connectivity index (χ3v) is 3.34. The van der Waals surface area contributed by atoms with Crippen LogP contribution in [0.5, 0.6) is 0 Å². The van der Waals surface area contributed by atoms with Gasteiger partial charge in [-0.25, -0.2) is 4.39 Å². The van der Waals surface area contributed by atoms with Crippen molar-refractivity contribution in [2.75, 3.05) is 5.75 Å². The lowest BCUT2D eigenvalue weighted by molar-refractivity contribution is 0.122. The maximum Gasteiger partial charge on any atom is 0.137 e. The van der Waals surface area contributed by atoms with Gasteiger partial charge in [0.15, 0.2) is 0 Å². The number of rotatable bonds is 1. The molecule has 2 N–H and O–H groups in total. The Kier molecular flexibility index (Phi) is 2.53. The highest BCUT2D eigenvalue weighted by Crippen LogP contribution is 2.37. The Morgan fingerprint density at radius 2 is 2.38 bits per heavy atom. The molecule has 0 bridgehead atoms. The van der Waals surface area contributed by atoms with Gasteiger partial charge in [0, 0.05) is 10.6 Å². The zero-order valence-corrected chi connectivity index (χ0v) is 7.77. The molecule has 0 spiro atoms. The number of halogens is 1. The molecular weight excluding hydrogens is 189 g/mol. The largest absolute Gasteiger partial charge is 0.316 e. The Morgan fingerprint density at radius 1 is 1.54 bits per heavy atom. The van der Waals surface area contributed by atoms with Gasteiger partial charge in [0.25, 0.3) is 0 Å². The van der Waals surface area contributed by atoms with Gasteiger partial charge in [-0.1, -0.05) is 12.1 Å². The highest BCUT2D eigenvalue weighted by molar-refractivity contribution is 7.99. The van der Waals surface area contributed by atoms with Crippen LogP contribution in [0.3, 0.4) is 0 Å². The van der Waals surface area contributed by atoms with Crippen LogP contribution >= 0.6 is 11.8 Å². The van der Waals surface area contributed by atoms with Crippen molar-refractivity contribution in [2.24, 2.45) is 0 Å². The van der Waals surface area contributed by atoms with E-state index in [-0.39, 0.29) is 11.9 Å². The molecule has 70 valence electrons. The SMILES string of the molecule is ONC1CCSc2c(F)cccc21. The van der Waals surface area contributed by atoms with Crippen molar-refractivity contribution in [3.8, 4) is 0 Å². The molecule has 1 aromatic rings. The number of hydrogen-bond acceptors (Lipinski definition) is 3. The van der Waals surface area contributed by atoms with Gasteiger partial charge in [-0.15, -0.1) is 11.8 Å². The minimum absolute atomic E-state index is 0.119. The third-order valence-electron chi connectivity index (χ3n) is 2.18. The summed E-state index contributed by atoms with van der Waals surface area (Å²) >= 11 is 1.51. The lowest BCUT2D eigenvalue weighted by Crippen LogP contribution is -2.21. The van der Waals surface area contributed by atoms with Crippen LogP contribution in [0.15, 0.2) is 23.1 Å². The average Bonchev–Trinajstić information content (AvgIpc) is 2.18. The number of nitrogens with one attached hydrogen (secondary N) is 1. The van der Waals surface area contributed by atoms with Gasteiger partial charge in [-0.3, -0.25) is 0 Å². The van der Waals surface area contributed by atoms with Gasteiger partial charge in [0.1, 0.15) is 5.82 Å². The third kappa shape index (κ3) is 1.57. The van der Waals surface area contributed by atoms with Crippen molar-refractivity contribution in [2.45, 2.75) is 17.4 Å². The van der Waals surface area contributed by atoms with Crippen LogP contribution < -0.4 is 5.48 Å². The number of benzene rings is 1. The summed E-state index contributed by atoms with van der Waals surface area (Å²) in [6.45, 7) is 0. The van der Waals surface area contributed by atoms with Crippen LogP contribution in [-0.2, 0) is 0 Å². The Bertz CT molecular complexity index is 318. The second-order valence-electron chi connectivity index (χ2n) is 2.98. The first-order chi connectivity index (χ1) is 6.33. The monoisotopic (exact) mass is 199 g/mol. The summed E-state index contributed by atoms with van der Waals surface area (Å²) < 4.78 is 13.3. The molecule has 2 rings (SSSR count). The van der Waals surface area contributed by atoms with Crippen molar-refractivity contribution in [3.05, 3.63) is 29.6 Å². The normalized spacial score (nSPS) is 21.2. The standard InChI is InChI=1S/C9H10FNOS/c10-7-3-1-2-6-8(11-12)4-5-13-9(6)7/h1-3,8,11-12H,4-5H2. The zero-order chi connectivity index (χ0) is 9.26. The van der Waals surface area contributed by atoms with E-state index in [1.165, 1.54) is 17.8 Å². The molecule has 4 heteroatoms. The molecule has 2 nitrogen and oxygen atoms in total. The first kappa shape index (κ1) is 8.99. The summed E-state index contributed by atoms with van der Waals surface area (Å²) in [6, 6.07) is 4.85. The second kappa shape index (κ2) is 3.65. The fourth-order valence-electron chi connectivity index (χ4n) is 1.52. The van der Waals surface area contributed by atoms with E-state index in [9.17, 15) is 4.39 Å². The average molecular weight is 199 g/mol. The summed E-state index contributed by atoms with van der Waals surface area (Å²) in [5, 5.41) is 8.85. The van der Waals surface area contributed by atoms with Crippen molar-refractivity contribution < 1.29 is 9.60 Å². The van der Waals surface area contributed by atoms with E-state index in [1.807, 2.05) is 6.07 Å². The topological polar surface area (TPSA) is 32.3 Å². The van der Waals surface area contributed by atoms with Crippen LogP contribution in [0, 0.1) is 5.82 Å². The zero-order valence-electron chi connectivity index (χ0n) is 6.96. The lowest BCUT2D eigenvalue weighted by Gasteiger charge is -2.23. The van der Waals surface area contributed by atoms with Crippen LogP contribution in [0.1, 0.15) is 18.0 Å². The van der Waals surface area contributed by atoms with Crippen molar-refractivity contribution in [1.82, 2.24) is 5.48 Å². The highest BCUT2D eigenvalue weighted by atomic mass is 32.2. The summed E-state index contributed by atoms with van der Waals surface area (Å²) in [6.07, 6.45) is 0.831. The van der Waals surface area contributed by atoms with Gasteiger partial charge in [-0.05, 0) is 18.1 Å². The molecule has 1 aliphatic rings. The number of fused-ring (bicyclic) bond motifs is 1. The van der Waals surface area contributed by atoms with Crippen LogP contribution in [-0.4, -0.2) is 11.0 Å². The lowest BCUT2D eigenvalue weighted by atomic mass is 10.0. The molecule has 0 fully saturated rings. The predicted octanol–water partition coefficient (Wildman–Crippen LogP) is 2.34. The van der Waals surface area contributed by atoms with E-state index in [4.69, 9.17) is 5.21 Å². The summed E-state index contributed by atoms with van der Waals surface area (Å²) in [5.74, 6) is 0.647. The van der Waals surface area contributed by atoms with Gasteiger partial charge in [0.2, 0.25) is 0 Å². The quantitative estimate of drug-likeness (QED) is 0.681. The summed E-state index contributed by atoms with van der Waals surface area (Å²) in [5.41, 5.74) is 3.07. The molecule has 0 aliphatic carbocycles. The summed E-state index contributed by atoms with van der Waals surface area (Å²) in [7, 11) is 0. The van der Waals surface area contributed by atoms with E-state index >= 15 is 0 Å². The van der Waals surface area contributed by atoms with E-state index in [1.54, 1.807) is 6.07 Å². The van der Waals surface area contributed by atoms with Gasteiger partial charge < -0.3 is 5.21 Å². The molecule has 0 amide bonds. The molecule has 1 aromatic carbocycles. The van der Waals surface area contributed by atoms with E-state index in [2.05, 4.69) is 5.48 Å². The molecule has 1 atom stereocenters. The van der Waals surface area contributed by atoms with Crippen LogP contribution in [0.25, 0.3) is 0 Å². The van der Waals surface area contributed by atoms with Crippen molar-refractivity contribution >= 4 is 11.8 Å². The van der Waals surface area contributed by atoms with Gasteiger partial charge in [0.05, 0.1) is 6.04 Å². The number of thioether (sulfide) groups is 1. The van der Waals surface area contributed by atoms with E-state index in [0.29, 0.717) is 4.90 Å². The predicted molar refractivity (Wildman–Crippen MR) is 49.4 cm³/mol. The fraction of sp³-hybridized carbons (Fsp3) is 0.333. The molecule has 13 heavy (non-hydrogen) atoms. The molecule has 1 heterocycles. The first-order valence-electron chi connectivity index (χ1n) is 4.14. The Labute approximate surface area is 80.1 Å². The first-order valence-corrected chi connectivity index (χ1v) is 5.12. The smallest absolute Gasteiger partial charge is 0.137 e. The molecule has 0 saturated heterocycles. The Morgan fingerprint density at radius 3 is 3.15 bits per heavy atom. The van der Waals surface area contributed by atoms with Gasteiger partial charge >= 0.3 is 0 Å². The van der Waals surface area contributed by atoms with E-state index in [0.717, 1.165) is 17.7 Å². The second-order valence-corrected chi connectivity index (χ2v) is 4.08. The van der Waals surface area contributed by atoms with E-state index < -0.39 is 0 Å². The minimum Gasteiger partial charge on any atom is -0.316 e. The molecule has 1 aliphatic heterocycles. The van der Waals surface area contributed by atoms with Crippen LogP contribution in [0.4, 0.5) is 4.39 Å².